The molecule has 0 radical (unpaired) electrons. The molecule has 6 heteroatoms. The number of nitrogens with one attached hydrogen (secondary N) is 1. The lowest BCUT2D eigenvalue weighted by molar-refractivity contribution is -0.144. The first-order valence-corrected chi connectivity index (χ1v) is 12.8. The number of hydrogen-bond acceptors (Lipinski definition) is 4. The molecule has 1 saturated heterocycles. The summed E-state index contributed by atoms with van der Waals surface area (Å²) < 4.78 is 0. The van der Waals surface area contributed by atoms with E-state index in [-0.39, 0.29) is 23.7 Å². The van der Waals surface area contributed by atoms with E-state index in [0.29, 0.717) is 12.8 Å². The van der Waals surface area contributed by atoms with Crippen LogP contribution in [-0.2, 0) is 22.4 Å². The van der Waals surface area contributed by atoms with E-state index in [0.717, 1.165) is 66.1 Å². The predicted molar refractivity (Wildman–Crippen MR) is 130 cm³/mol. The Bertz CT molecular complexity index is 889. The van der Waals surface area contributed by atoms with Crippen LogP contribution in [0.4, 0.5) is 0 Å². The standard InChI is InChI=1S/C27H33NO4S/c29-26(30)24(20-7-1-2-8-20)15-18-5-3-9-22(13-18)33-23-10-4-6-19(14-23)16-25(27(31)32)21-11-12-28-17-21/h3-6,9-10,13-14,20-21,24-25,28H,1-2,7-8,11-12,15-17H2,(H,29,30)(H,31,32)/t21-,24-,25-/m0/s1. The van der Waals surface area contributed by atoms with Crippen LogP contribution in [0, 0.1) is 23.7 Å². The molecule has 33 heavy (non-hydrogen) atoms. The molecule has 5 nitrogen and oxygen atoms in total. The summed E-state index contributed by atoms with van der Waals surface area (Å²) in [5.41, 5.74) is 2.11. The van der Waals surface area contributed by atoms with Gasteiger partial charge in [-0.25, -0.2) is 0 Å². The van der Waals surface area contributed by atoms with Crippen LogP contribution < -0.4 is 5.32 Å². The number of hydrogen-bond donors (Lipinski definition) is 3. The molecule has 2 aromatic rings. The third kappa shape index (κ3) is 6.39. The van der Waals surface area contributed by atoms with E-state index < -0.39 is 11.9 Å². The van der Waals surface area contributed by atoms with Gasteiger partial charge >= 0.3 is 11.9 Å². The molecule has 176 valence electrons. The maximum atomic E-state index is 11.9. The topological polar surface area (TPSA) is 86.6 Å². The molecule has 1 saturated carbocycles. The molecule has 1 aliphatic heterocycles. The molecule has 3 atom stereocenters. The number of carbonyl (C=O) groups is 2. The van der Waals surface area contributed by atoms with Gasteiger partial charge in [0.2, 0.25) is 0 Å². The summed E-state index contributed by atoms with van der Waals surface area (Å²) in [7, 11) is 0. The van der Waals surface area contributed by atoms with E-state index >= 15 is 0 Å². The van der Waals surface area contributed by atoms with Crippen molar-refractivity contribution in [2.45, 2.75) is 54.7 Å². The normalized spacial score (nSPS) is 20.5. The van der Waals surface area contributed by atoms with Crippen LogP contribution in [0.25, 0.3) is 0 Å². The fourth-order valence-corrected chi connectivity index (χ4v) is 6.39. The molecular formula is C27H33NO4S. The van der Waals surface area contributed by atoms with Crippen molar-refractivity contribution in [1.82, 2.24) is 5.32 Å². The average molecular weight is 468 g/mol. The Morgan fingerprint density at radius 2 is 1.39 bits per heavy atom. The van der Waals surface area contributed by atoms with Gasteiger partial charge in [0, 0.05) is 9.79 Å². The van der Waals surface area contributed by atoms with E-state index in [1.807, 2.05) is 30.3 Å². The Morgan fingerprint density at radius 3 is 1.88 bits per heavy atom. The quantitative estimate of drug-likeness (QED) is 0.449. The van der Waals surface area contributed by atoms with Gasteiger partial charge in [-0.15, -0.1) is 0 Å². The summed E-state index contributed by atoms with van der Waals surface area (Å²) in [5.74, 6) is -1.62. The number of carboxylic acids is 2. The number of benzene rings is 2. The monoisotopic (exact) mass is 467 g/mol. The van der Waals surface area contributed by atoms with Gasteiger partial charge in [0.15, 0.2) is 0 Å². The molecule has 0 bridgehead atoms. The fraction of sp³-hybridized carbons (Fsp3) is 0.481. The lowest BCUT2D eigenvalue weighted by atomic mass is 9.86. The van der Waals surface area contributed by atoms with Crippen LogP contribution in [0.1, 0.15) is 43.2 Å². The molecule has 0 unspecified atom stereocenters. The molecule has 0 amide bonds. The minimum Gasteiger partial charge on any atom is -0.481 e. The summed E-state index contributed by atoms with van der Waals surface area (Å²) in [4.78, 5) is 25.9. The first-order chi connectivity index (χ1) is 16.0. The number of rotatable bonds is 10. The van der Waals surface area contributed by atoms with E-state index in [4.69, 9.17) is 0 Å². The molecule has 2 aromatic carbocycles. The third-order valence-corrected chi connectivity index (χ3v) is 8.19. The SMILES string of the molecule is O=C(O)[C@@H](Cc1cccc(Sc2cccc(C[C@H](C(=O)O)[C@H]3CCNC3)c2)c1)C1CCCC1. The van der Waals surface area contributed by atoms with Gasteiger partial charge in [0.05, 0.1) is 11.8 Å². The average Bonchev–Trinajstić information content (AvgIpc) is 3.50. The van der Waals surface area contributed by atoms with Gasteiger partial charge in [-0.05, 0) is 92.4 Å². The van der Waals surface area contributed by atoms with E-state index in [9.17, 15) is 19.8 Å². The van der Waals surface area contributed by atoms with Crippen LogP contribution in [-0.4, -0.2) is 35.2 Å². The summed E-state index contributed by atoms with van der Waals surface area (Å²) in [6.45, 7) is 1.67. The highest BCUT2D eigenvalue weighted by molar-refractivity contribution is 7.99. The van der Waals surface area contributed by atoms with E-state index in [2.05, 4.69) is 23.5 Å². The summed E-state index contributed by atoms with van der Waals surface area (Å²) in [6, 6.07) is 16.3. The zero-order valence-corrected chi connectivity index (χ0v) is 19.7. The highest BCUT2D eigenvalue weighted by Gasteiger charge is 2.31. The fourth-order valence-electron chi connectivity index (χ4n) is 5.41. The molecule has 3 N–H and O–H groups in total. The van der Waals surface area contributed by atoms with Crippen molar-refractivity contribution in [2.24, 2.45) is 23.7 Å². The predicted octanol–water partition coefficient (Wildman–Crippen LogP) is 5.12. The number of aliphatic carboxylic acids is 2. The third-order valence-electron chi connectivity index (χ3n) is 7.21. The molecular weight excluding hydrogens is 434 g/mol. The molecule has 0 aromatic heterocycles. The first-order valence-electron chi connectivity index (χ1n) is 12.0. The van der Waals surface area contributed by atoms with Crippen molar-refractivity contribution < 1.29 is 19.8 Å². The second kappa shape index (κ2) is 11.2. The van der Waals surface area contributed by atoms with Crippen LogP contribution in [0.2, 0.25) is 0 Å². The highest BCUT2D eigenvalue weighted by atomic mass is 32.2. The Labute approximate surface area is 200 Å². The Hall–Kier alpha value is -2.31. The molecule has 2 aliphatic rings. The van der Waals surface area contributed by atoms with Crippen LogP contribution in [0.5, 0.6) is 0 Å². The Balaban J connectivity index is 1.43. The van der Waals surface area contributed by atoms with Crippen LogP contribution in [0.15, 0.2) is 58.3 Å². The van der Waals surface area contributed by atoms with Crippen molar-refractivity contribution in [2.75, 3.05) is 13.1 Å². The smallest absolute Gasteiger partial charge is 0.307 e. The van der Waals surface area contributed by atoms with Crippen molar-refractivity contribution in [1.29, 1.82) is 0 Å². The zero-order chi connectivity index (χ0) is 23.2. The summed E-state index contributed by atoms with van der Waals surface area (Å²) in [5, 5.41) is 22.8. The van der Waals surface area contributed by atoms with Gasteiger partial charge in [-0.1, -0.05) is 48.9 Å². The summed E-state index contributed by atoms with van der Waals surface area (Å²) >= 11 is 1.64. The Kier molecular flexibility index (Phi) is 8.10. The van der Waals surface area contributed by atoms with Gasteiger partial charge in [0.1, 0.15) is 0 Å². The molecule has 1 heterocycles. The highest BCUT2D eigenvalue weighted by Crippen LogP contribution is 2.35. The van der Waals surface area contributed by atoms with Gasteiger partial charge in [-0.3, -0.25) is 9.59 Å². The molecule has 1 aliphatic carbocycles. The maximum Gasteiger partial charge on any atom is 0.307 e. The van der Waals surface area contributed by atoms with E-state index in [1.54, 1.807) is 11.8 Å². The lowest BCUT2D eigenvalue weighted by Crippen LogP contribution is -2.27. The molecule has 0 spiro atoms. The second-order valence-corrected chi connectivity index (χ2v) is 10.6. The second-order valence-electron chi connectivity index (χ2n) is 9.49. The van der Waals surface area contributed by atoms with Crippen molar-refractivity contribution >= 4 is 23.7 Å². The van der Waals surface area contributed by atoms with Gasteiger partial charge in [-0.2, -0.15) is 0 Å². The van der Waals surface area contributed by atoms with Crippen molar-refractivity contribution in [3.63, 3.8) is 0 Å². The van der Waals surface area contributed by atoms with Crippen LogP contribution >= 0.6 is 11.8 Å². The summed E-state index contributed by atoms with van der Waals surface area (Å²) in [6.07, 6.45) is 6.35. The van der Waals surface area contributed by atoms with Gasteiger partial charge in [0.25, 0.3) is 0 Å². The lowest BCUT2D eigenvalue weighted by Gasteiger charge is -2.19. The minimum atomic E-state index is -0.718. The zero-order valence-electron chi connectivity index (χ0n) is 18.9. The van der Waals surface area contributed by atoms with Crippen molar-refractivity contribution in [3.8, 4) is 0 Å². The molecule has 2 fully saturated rings. The van der Waals surface area contributed by atoms with Gasteiger partial charge < -0.3 is 15.5 Å². The largest absolute Gasteiger partial charge is 0.481 e. The van der Waals surface area contributed by atoms with E-state index in [1.165, 1.54) is 0 Å². The number of carboxylic acid groups (broad SMARTS) is 2. The molecule has 4 rings (SSSR count). The minimum absolute atomic E-state index is 0.178. The first kappa shape index (κ1) is 23.8. The van der Waals surface area contributed by atoms with Crippen molar-refractivity contribution in [3.05, 3.63) is 59.7 Å². The van der Waals surface area contributed by atoms with Crippen LogP contribution in [0.3, 0.4) is 0 Å². The Morgan fingerprint density at radius 1 is 0.848 bits per heavy atom. The maximum absolute atomic E-state index is 11.9.